The minimum absolute atomic E-state index is 0.187. The summed E-state index contributed by atoms with van der Waals surface area (Å²) in [6, 6.07) is 10.4. The monoisotopic (exact) mass is 409 g/mol. The molecule has 1 fully saturated rings. The maximum atomic E-state index is 12.5. The number of carbonyl (C=O) groups excluding carboxylic acids is 1. The van der Waals surface area contributed by atoms with Gasteiger partial charge in [-0.15, -0.1) is 10.2 Å². The third kappa shape index (κ3) is 4.10. The van der Waals surface area contributed by atoms with E-state index in [1.54, 1.807) is 0 Å². The minimum Gasteiger partial charge on any atom is -0.354 e. The summed E-state index contributed by atoms with van der Waals surface area (Å²) in [7, 11) is 2.04. The van der Waals surface area contributed by atoms with Crippen molar-refractivity contribution in [3.63, 3.8) is 0 Å². The summed E-state index contributed by atoms with van der Waals surface area (Å²) in [5.41, 5.74) is 4.68. The van der Waals surface area contributed by atoms with Crippen LogP contribution in [0.5, 0.6) is 0 Å². The molecule has 0 unspecified atom stereocenters. The van der Waals surface area contributed by atoms with E-state index in [9.17, 15) is 4.79 Å². The van der Waals surface area contributed by atoms with Gasteiger partial charge in [0.1, 0.15) is 5.82 Å². The Hall–Kier alpha value is -2.54. The number of likely N-dealkylation sites (tertiary alicyclic amines) is 1. The fraction of sp³-hybridized carbons (Fsp3) is 0.409. The normalized spacial score (nSPS) is 14.0. The zero-order valence-electron chi connectivity index (χ0n) is 17.3. The van der Waals surface area contributed by atoms with Gasteiger partial charge in [-0.1, -0.05) is 23.9 Å². The molecule has 152 valence electrons. The van der Waals surface area contributed by atoms with Gasteiger partial charge in [0.2, 0.25) is 5.91 Å². The fourth-order valence-electron chi connectivity index (χ4n) is 3.75. The Morgan fingerprint density at radius 1 is 1.10 bits per heavy atom. The number of rotatable bonds is 6. The van der Waals surface area contributed by atoms with Crippen LogP contribution >= 0.6 is 11.8 Å². The van der Waals surface area contributed by atoms with Crippen molar-refractivity contribution < 1.29 is 4.79 Å². The lowest BCUT2D eigenvalue weighted by molar-refractivity contribution is -0.127. The molecule has 1 aromatic carbocycles. The first-order valence-corrected chi connectivity index (χ1v) is 11.0. The zero-order chi connectivity index (χ0) is 20.4. The Morgan fingerprint density at radius 3 is 2.62 bits per heavy atom. The zero-order valence-corrected chi connectivity index (χ0v) is 18.1. The van der Waals surface area contributed by atoms with E-state index < -0.39 is 0 Å². The molecule has 0 saturated carbocycles. The number of carbonyl (C=O) groups is 1. The summed E-state index contributed by atoms with van der Waals surface area (Å²) < 4.78 is 4.23. The molecule has 0 spiro atoms. The molecule has 0 atom stereocenters. The van der Waals surface area contributed by atoms with E-state index in [-0.39, 0.29) is 5.91 Å². The Bertz CT molecular complexity index is 1020. The highest BCUT2D eigenvalue weighted by molar-refractivity contribution is 7.99. The van der Waals surface area contributed by atoms with Crippen molar-refractivity contribution >= 4 is 17.7 Å². The van der Waals surface area contributed by atoms with Crippen LogP contribution in [0.15, 0.2) is 41.7 Å². The van der Waals surface area contributed by atoms with E-state index in [1.807, 2.05) is 24.2 Å². The van der Waals surface area contributed by atoms with Gasteiger partial charge in [0.15, 0.2) is 5.16 Å². The summed E-state index contributed by atoms with van der Waals surface area (Å²) in [5.74, 6) is 1.47. The molecule has 0 radical (unpaired) electrons. The van der Waals surface area contributed by atoms with Crippen molar-refractivity contribution in [1.82, 2.24) is 24.2 Å². The van der Waals surface area contributed by atoms with Gasteiger partial charge < -0.3 is 9.47 Å². The Kier molecular flexibility index (Phi) is 5.76. The molecule has 4 rings (SSSR count). The first kappa shape index (κ1) is 19.8. The molecule has 3 aromatic rings. The van der Waals surface area contributed by atoms with Crippen molar-refractivity contribution in [3.8, 4) is 5.69 Å². The predicted molar refractivity (Wildman–Crippen MR) is 116 cm³/mol. The van der Waals surface area contributed by atoms with Crippen LogP contribution in [0.1, 0.15) is 35.5 Å². The smallest absolute Gasteiger partial charge is 0.233 e. The molecule has 6 nitrogen and oxygen atoms in total. The van der Waals surface area contributed by atoms with Crippen LogP contribution in [0.2, 0.25) is 0 Å². The van der Waals surface area contributed by atoms with Gasteiger partial charge in [-0.2, -0.15) is 0 Å². The van der Waals surface area contributed by atoms with Crippen LogP contribution in [0.3, 0.4) is 0 Å². The second kappa shape index (κ2) is 8.45. The molecule has 1 aliphatic rings. The molecule has 3 heterocycles. The second-order valence-electron chi connectivity index (χ2n) is 7.62. The number of benzene rings is 1. The molecule has 0 N–H and O–H groups in total. The van der Waals surface area contributed by atoms with E-state index >= 15 is 0 Å². The summed E-state index contributed by atoms with van der Waals surface area (Å²) in [6.07, 6.45) is 4.94. The number of hydrogen-bond acceptors (Lipinski definition) is 4. The number of aromatic nitrogens is 4. The molecule has 1 aliphatic heterocycles. The topological polar surface area (TPSA) is 56.0 Å². The molecule has 7 heteroatoms. The maximum Gasteiger partial charge on any atom is 0.233 e. The van der Waals surface area contributed by atoms with Crippen LogP contribution in [0.25, 0.3) is 5.69 Å². The summed E-state index contributed by atoms with van der Waals surface area (Å²) in [5, 5.41) is 9.75. The summed E-state index contributed by atoms with van der Waals surface area (Å²) in [4.78, 5) is 14.5. The lowest BCUT2D eigenvalue weighted by Crippen LogP contribution is -2.29. The lowest BCUT2D eigenvalue weighted by atomic mass is 10.1. The van der Waals surface area contributed by atoms with E-state index in [0.29, 0.717) is 12.2 Å². The van der Waals surface area contributed by atoms with Crippen LogP contribution in [0, 0.1) is 13.8 Å². The molecule has 1 amide bonds. The Labute approximate surface area is 175 Å². The van der Waals surface area contributed by atoms with Crippen molar-refractivity contribution in [3.05, 3.63) is 59.2 Å². The third-order valence-corrected chi connectivity index (χ3v) is 6.61. The fourth-order valence-corrected chi connectivity index (χ4v) is 4.62. The van der Waals surface area contributed by atoms with Crippen LogP contribution in [-0.2, 0) is 18.3 Å². The van der Waals surface area contributed by atoms with Gasteiger partial charge in [-0.05, 0) is 56.0 Å². The van der Waals surface area contributed by atoms with Gasteiger partial charge in [0.25, 0.3) is 0 Å². The van der Waals surface area contributed by atoms with E-state index in [2.05, 4.69) is 57.4 Å². The number of aryl methyl sites for hydroxylation is 2. The molecular formula is C22H27N5OS. The average molecular weight is 410 g/mol. The number of nitrogens with zero attached hydrogens (tertiary/aromatic N) is 5. The van der Waals surface area contributed by atoms with Gasteiger partial charge in [-0.3, -0.25) is 9.36 Å². The quantitative estimate of drug-likeness (QED) is 0.585. The van der Waals surface area contributed by atoms with Crippen molar-refractivity contribution in [1.29, 1.82) is 0 Å². The van der Waals surface area contributed by atoms with Crippen LogP contribution in [0.4, 0.5) is 0 Å². The third-order valence-electron chi connectivity index (χ3n) is 5.69. The largest absolute Gasteiger partial charge is 0.354 e. The Morgan fingerprint density at radius 2 is 1.90 bits per heavy atom. The van der Waals surface area contributed by atoms with Gasteiger partial charge >= 0.3 is 0 Å². The minimum atomic E-state index is 0.187. The van der Waals surface area contributed by atoms with E-state index in [1.165, 1.54) is 28.6 Å². The van der Waals surface area contributed by atoms with Crippen LogP contribution in [-0.4, -0.2) is 49.0 Å². The lowest BCUT2D eigenvalue weighted by Gasteiger charge is -2.16. The number of amides is 1. The molecule has 29 heavy (non-hydrogen) atoms. The molecule has 0 aliphatic carbocycles. The van der Waals surface area contributed by atoms with E-state index in [4.69, 9.17) is 0 Å². The average Bonchev–Trinajstić information content (AvgIpc) is 3.45. The predicted octanol–water partition coefficient (Wildman–Crippen LogP) is 3.53. The van der Waals surface area contributed by atoms with Crippen molar-refractivity contribution in [2.24, 2.45) is 7.05 Å². The first-order chi connectivity index (χ1) is 14.0. The van der Waals surface area contributed by atoms with Crippen LogP contribution < -0.4 is 0 Å². The van der Waals surface area contributed by atoms with E-state index in [0.717, 1.165) is 42.6 Å². The maximum absolute atomic E-state index is 12.5. The number of thioether (sulfide) groups is 1. The van der Waals surface area contributed by atoms with Crippen molar-refractivity contribution in [2.75, 3.05) is 18.8 Å². The molecular weight excluding hydrogens is 382 g/mol. The summed E-state index contributed by atoms with van der Waals surface area (Å²) >= 11 is 1.48. The molecule has 1 saturated heterocycles. The SMILES string of the molecule is Cc1cccc(-n2c(Cc3cccn3C)nnc2SCC(=O)N2CCCC2)c1C. The molecule has 0 bridgehead atoms. The van der Waals surface area contributed by atoms with Gasteiger partial charge in [-0.25, -0.2) is 0 Å². The second-order valence-corrected chi connectivity index (χ2v) is 8.56. The highest BCUT2D eigenvalue weighted by Crippen LogP contribution is 2.27. The standard InChI is InChI=1S/C22H27N5OS/c1-16-8-6-10-19(17(16)2)27-20(14-18-9-7-11-25(18)3)23-24-22(27)29-15-21(28)26-12-4-5-13-26/h6-11H,4-5,12-15H2,1-3H3. The molecule has 2 aromatic heterocycles. The highest BCUT2D eigenvalue weighted by atomic mass is 32.2. The van der Waals surface area contributed by atoms with Crippen molar-refractivity contribution in [2.45, 2.75) is 38.3 Å². The van der Waals surface area contributed by atoms with Gasteiger partial charge in [0, 0.05) is 38.4 Å². The van der Waals surface area contributed by atoms with Gasteiger partial charge in [0.05, 0.1) is 11.4 Å². The summed E-state index contributed by atoms with van der Waals surface area (Å²) in [6.45, 7) is 5.99. The highest BCUT2D eigenvalue weighted by Gasteiger charge is 2.22. The Balaban J connectivity index is 1.66. The first-order valence-electron chi connectivity index (χ1n) is 10.1. The number of hydrogen-bond donors (Lipinski definition) is 0.